The molecular formula is C15H32N2O3. The summed E-state index contributed by atoms with van der Waals surface area (Å²) in [5, 5.41) is 12.4. The Hall–Kier alpha value is -0.650. The van der Waals surface area contributed by atoms with Gasteiger partial charge in [-0.15, -0.1) is 0 Å². The summed E-state index contributed by atoms with van der Waals surface area (Å²) in [5.41, 5.74) is -0.789. The number of carboxylic acid groups (broad SMARTS) is 1. The van der Waals surface area contributed by atoms with Gasteiger partial charge in [0.15, 0.2) is 0 Å². The highest BCUT2D eigenvalue weighted by molar-refractivity contribution is 5.78. The fourth-order valence-electron chi connectivity index (χ4n) is 2.45. The van der Waals surface area contributed by atoms with Crippen LogP contribution in [0.4, 0.5) is 0 Å². The molecule has 0 aliphatic carbocycles. The van der Waals surface area contributed by atoms with Gasteiger partial charge >= 0.3 is 5.97 Å². The molecule has 5 nitrogen and oxygen atoms in total. The average molecular weight is 288 g/mol. The first-order valence-corrected chi connectivity index (χ1v) is 7.62. The van der Waals surface area contributed by atoms with E-state index in [1.165, 1.54) is 0 Å². The zero-order valence-electron chi connectivity index (χ0n) is 13.7. The number of ether oxygens (including phenoxy) is 1. The molecule has 0 spiro atoms. The number of nitrogens with one attached hydrogen (secondary N) is 1. The van der Waals surface area contributed by atoms with Gasteiger partial charge < -0.3 is 15.2 Å². The van der Waals surface area contributed by atoms with Gasteiger partial charge in [-0.05, 0) is 46.2 Å². The van der Waals surface area contributed by atoms with Crippen LogP contribution in [0.5, 0.6) is 0 Å². The van der Waals surface area contributed by atoms with Crippen molar-refractivity contribution in [3.63, 3.8) is 0 Å². The van der Waals surface area contributed by atoms with E-state index in [0.717, 1.165) is 25.9 Å². The molecule has 5 heteroatoms. The van der Waals surface area contributed by atoms with Crippen LogP contribution in [0.15, 0.2) is 0 Å². The minimum absolute atomic E-state index is 0.501. The lowest BCUT2D eigenvalue weighted by Crippen LogP contribution is -2.50. The van der Waals surface area contributed by atoms with Gasteiger partial charge in [-0.2, -0.15) is 0 Å². The Kier molecular flexibility index (Phi) is 9.80. The third-order valence-corrected chi connectivity index (χ3v) is 4.34. The van der Waals surface area contributed by atoms with Crippen LogP contribution in [-0.2, 0) is 9.53 Å². The molecule has 0 aromatic rings. The fraction of sp³-hybridized carbons (Fsp3) is 0.933. The van der Waals surface area contributed by atoms with Crippen LogP contribution in [0.1, 0.15) is 46.5 Å². The van der Waals surface area contributed by atoms with Crippen molar-refractivity contribution in [2.45, 2.75) is 58.0 Å². The van der Waals surface area contributed by atoms with E-state index in [1.807, 2.05) is 6.92 Å². The van der Waals surface area contributed by atoms with Crippen molar-refractivity contribution in [3.8, 4) is 0 Å². The molecule has 0 aliphatic heterocycles. The van der Waals surface area contributed by atoms with E-state index in [-0.39, 0.29) is 0 Å². The second-order valence-corrected chi connectivity index (χ2v) is 5.38. The van der Waals surface area contributed by atoms with Gasteiger partial charge in [0, 0.05) is 19.7 Å². The van der Waals surface area contributed by atoms with Crippen molar-refractivity contribution in [2.24, 2.45) is 0 Å². The summed E-state index contributed by atoms with van der Waals surface area (Å²) in [6, 6.07) is 0.501. The van der Waals surface area contributed by atoms with E-state index in [4.69, 9.17) is 4.74 Å². The Labute approximate surface area is 123 Å². The number of rotatable bonds is 12. The van der Waals surface area contributed by atoms with Crippen LogP contribution in [0.3, 0.4) is 0 Å². The molecule has 0 radical (unpaired) electrons. The van der Waals surface area contributed by atoms with Gasteiger partial charge in [0.1, 0.15) is 5.54 Å². The molecule has 0 saturated carbocycles. The Balaban J connectivity index is 4.43. The number of hydrogen-bond acceptors (Lipinski definition) is 4. The van der Waals surface area contributed by atoms with Crippen LogP contribution in [0.25, 0.3) is 0 Å². The number of likely N-dealkylation sites (N-methyl/N-ethyl adjacent to an activating group) is 1. The van der Waals surface area contributed by atoms with E-state index >= 15 is 0 Å². The monoisotopic (exact) mass is 288 g/mol. The molecule has 120 valence electrons. The van der Waals surface area contributed by atoms with Gasteiger partial charge in [0.05, 0.1) is 6.61 Å². The van der Waals surface area contributed by atoms with Crippen LogP contribution in [-0.4, -0.2) is 61.4 Å². The van der Waals surface area contributed by atoms with Crippen molar-refractivity contribution in [1.29, 1.82) is 0 Å². The highest BCUT2D eigenvalue weighted by atomic mass is 16.5. The molecular weight excluding hydrogens is 256 g/mol. The van der Waals surface area contributed by atoms with Crippen molar-refractivity contribution >= 4 is 5.97 Å². The summed E-state index contributed by atoms with van der Waals surface area (Å²) in [6.45, 7) is 8.83. The summed E-state index contributed by atoms with van der Waals surface area (Å²) in [6.07, 6.45) is 3.21. The highest BCUT2D eigenvalue weighted by Crippen LogP contribution is 2.18. The third kappa shape index (κ3) is 5.77. The van der Waals surface area contributed by atoms with E-state index in [0.29, 0.717) is 25.5 Å². The summed E-state index contributed by atoms with van der Waals surface area (Å²) < 4.78 is 5.15. The van der Waals surface area contributed by atoms with Gasteiger partial charge in [0.25, 0.3) is 0 Å². The maximum atomic E-state index is 11.4. The maximum absolute atomic E-state index is 11.4. The standard InChI is InChI=1S/C15H32N2O3/c1-6-13(3)17(11-12-20-5)10-8-9-15(7-2,16-4)14(18)19/h13,16H,6-12H2,1-5H3,(H,18,19). The molecule has 2 unspecified atom stereocenters. The smallest absolute Gasteiger partial charge is 0.323 e. The van der Waals surface area contributed by atoms with Crippen molar-refractivity contribution < 1.29 is 14.6 Å². The van der Waals surface area contributed by atoms with Gasteiger partial charge in [-0.3, -0.25) is 9.69 Å². The SMILES string of the molecule is CCC(C)N(CCCC(CC)(NC)C(=O)O)CCOC. The predicted molar refractivity (Wildman–Crippen MR) is 82.2 cm³/mol. The second-order valence-electron chi connectivity index (χ2n) is 5.38. The zero-order valence-corrected chi connectivity index (χ0v) is 13.7. The molecule has 0 aromatic carbocycles. The van der Waals surface area contributed by atoms with Crippen LogP contribution in [0.2, 0.25) is 0 Å². The van der Waals surface area contributed by atoms with Crippen LogP contribution >= 0.6 is 0 Å². The fourth-order valence-corrected chi connectivity index (χ4v) is 2.45. The summed E-state index contributed by atoms with van der Waals surface area (Å²) in [4.78, 5) is 13.8. The van der Waals surface area contributed by atoms with E-state index < -0.39 is 11.5 Å². The molecule has 0 aromatic heterocycles. The molecule has 0 saturated heterocycles. The minimum atomic E-state index is -0.789. The van der Waals surface area contributed by atoms with Crippen LogP contribution in [0, 0.1) is 0 Å². The normalized spacial score (nSPS) is 16.1. The van der Waals surface area contributed by atoms with Crippen molar-refractivity contribution in [1.82, 2.24) is 10.2 Å². The maximum Gasteiger partial charge on any atom is 0.323 e. The summed E-state index contributed by atoms with van der Waals surface area (Å²) >= 11 is 0. The quantitative estimate of drug-likeness (QED) is 0.575. The first-order valence-electron chi connectivity index (χ1n) is 7.62. The first-order chi connectivity index (χ1) is 9.47. The summed E-state index contributed by atoms with van der Waals surface area (Å²) in [5.74, 6) is -0.755. The number of nitrogens with zero attached hydrogens (tertiary/aromatic N) is 1. The second kappa shape index (κ2) is 10.1. The van der Waals surface area contributed by atoms with E-state index in [9.17, 15) is 9.90 Å². The molecule has 0 aliphatic rings. The molecule has 0 amide bonds. The largest absolute Gasteiger partial charge is 0.480 e. The minimum Gasteiger partial charge on any atom is -0.480 e. The summed E-state index contributed by atoms with van der Waals surface area (Å²) in [7, 11) is 3.44. The number of carbonyl (C=O) groups is 1. The molecule has 0 bridgehead atoms. The lowest BCUT2D eigenvalue weighted by Gasteiger charge is -2.31. The van der Waals surface area contributed by atoms with Gasteiger partial charge in [0.2, 0.25) is 0 Å². The lowest BCUT2D eigenvalue weighted by atomic mass is 9.90. The Morgan fingerprint density at radius 2 is 2.05 bits per heavy atom. The molecule has 0 heterocycles. The number of hydrogen-bond donors (Lipinski definition) is 2. The third-order valence-electron chi connectivity index (χ3n) is 4.34. The lowest BCUT2D eigenvalue weighted by molar-refractivity contribution is -0.145. The molecule has 2 N–H and O–H groups in total. The van der Waals surface area contributed by atoms with Gasteiger partial charge in [-0.25, -0.2) is 0 Å². The first kappa shape index (κ1) is 19.4. The topological polar surface area (TPSA) is 61.8 Å². The van der Waals surface area contributed by atoms with Crippen molar-refractivity contribution in [2.75, 3.05) is 33.9 Å². The highest BCUT2D eigenvalue weighted by Gasteiger charge is 2.34. The van der Waals surface area contributed by atoms with E-state index in [2.05, 4.69) is 24.1 Å². The molecule has 0 rings (SSSR count). The Morgan fingerprint density at radius 3 is 2.45 bits per heavy atom. The van der Waals surface area contributed by atoms with Gasteiger partial charge in [-0.1, -0.05) is 13.8 Å². The van der Waals surface area contributed by atoms with Crippen molar-refractivity contribution in [3.05, 3.63) is 0 Å². The zero-order chi connectivity index (χ0) is 15.6. The number of methoxy groups -OCH3 is 1. The van der Waals surface area contributed by atoms with E-state index in [1.54, 1.807) is 14.2 Å². The molecule has 0 fully saturated rings. The molecule has 20 heavy (non-hydrogen) atoms. The Morgan fingerprint density at radius 1 is 1.40 bits per heavy atom. The Bertz CT molecular complexity index is 268. The predicted octanol–water partition coefficient (Wildman–Crippen LogP) is 1.97. The van der Waals surface area contributed by atoms with Crippen LogP contribution < -0.4 is 5.32 Å². The average Bonchev–Trinajstić information content (AvgIpc) is 2.46. The number of carboxylic acids is 1. The number of aliphatic carboxylic acids is 1. The molecule has 2 atom stereocenters.